The highest BCUT2D eigenvalue weighted by Crippen LogP contribution is 2.22. The van der Waals surface area contributed by atoms with E-state index in [4.69, 9.17) is 0 Å². The second-order valence-electron chi connectivity index (χ2n) is 6.38. The van der Waals surface area contributed by atoms with Crippen LogP contribution in [0.4, 0.5) is 0 Å². The molecular weight excluding hydrogens is 368 g/mol. The Morgan fingerprint density at radius 1 is 0.893 bits per heavy atom. The molecule has 138 valence electrons. The quantitative estimate of drug-likeness (QED) is 0.491. The Morgan fingerprint density at radius 2 is 1.68 bits per heavy atom. The summed E-state index contributed by atoms with van der Waals surface area (Å²) in [7, 11) is 0. The predicted octanol–water partition coefficient (Wildman–Crippen LogP) is 4.44. The van der Waals surface area contributed by atoms with E-state index in [9.17, 15) is 4.79 Å². The van der Waals surface area contributed by atoms with Gasteiger partial charge in [0.1, 0.15) is 0 Å². The average molecular weight is 386 g/mol. The van der Waals surface area contributed by atoms with Crippen molar-refractivity contribution in [2.24, 2.45) is 0 Å². The molecule has 1 amide bonds. The molecule has 0 saturated carbocycles. The van der Waals surface area contributed by atoms with Gasteiger partial charge in [-0.3, -0.25) is 9.78 Å². The highest BCUT2D eigenvalue weighted by Gasteiger charge is 2.19. The normalized spacial score (nSPS) is 10.6. The van der Waals surface area contributed by atoms with Gasteiger partial charge < -0.3 is 4.90 Å². The maximum atomic E-state index is 13.0. The van der Waals surface area contributed by atoms with Crippen molar-refractivity contribution in [1.29, 1.82) is 0 Å². The zero-order valence-corrected chi connectivity index (χ0v) is 15.9. The number of rotatable bonds is 6. The second kappa shape index (κ2) is 8.54. The van der Waals surface area contributed by atoms with E-state index >= 15 is 0 Å². The fraction of sp³-hybridized carbons (Fsp3) is 0.0909. The number of benzene rings is 2. The summed E-state index contributed by atoms with van der Waals surface area (Å²) in [5, 5.41) is 5.63. The van der Waals surface area contributed by atoms with Crippen molar-refractivity contribution in [3.63, 3.8) is 0 Å². The molecule has 0 aliphatic rings. The van der Waals surface area contributed by atoms with E-state index in [2.05, 4.69) is 38.8 Å². The minimum Gasteiger partial charge on any atom is -0.329 e. The number of carbonyl (C=O) groups is 1. The number of aromatic nitrogens is 3. The molecule has 0 aliphatic heterocycles. The van der Waals surface area contributed by atoms with Crippen molar-refractivity contribution < 1.29 is 4.79 Å². The molecule has 5 nitrogen and oxygen atoms in total. The van der Waals surface area contributed by atoms with E-state index < -0.39 is 0 Å². The summed E-state index contributed by atoms with van der Waals surface area (Å²) in [4.78, 5) is 18.9. The Kier molecular flexibility index (Phi) is 5.49. The van der Waals surface area contributed by atoms with Crippen molar-refractivity contribution in [2.45, 2.75) is 13.1 Å². The van der Waals surface area contributed by atoms with Gasteiger partial charge in [0.25, 0.3) is 5.91 Å². The third-order valence-corrected chi connectivity index (χ3v) is 4.87. The van der Waals surface area contributed by atoms with Crippen LogP contribution in [0.3, 0.4) is 0 Å². The van der Waals surface area contributed by atoms with Gasteiger partial charge in [-0.2, -0.15) is 0 Å². The molecule has 4 rings (SSSR count). The fourth-order valence-electron chi connectivity index (χ4n) is 3.03. The minimum atomic E-state index is -0.136. The van der Waals surface area contributed by atoms with Crippen molar-refractivity contribution in [3.8, 4) is 11.1 Å². The third kappa shape index (κ3) is 4.29. The number of hydrogen-bond acceptors (Lipinski definition) is 5. The lowest BCUT2D eigenvalue weighted by Gasteiger charge is -2.22. The summed E-state index contributed by atoms with van der Waals surface area (Å²) in [6.07, 6.45) is 3.50. The van der Waals surface area contributed by atoms with E-state index in [0.29, 0.717) is 18.8 Å². The van der Waals surface area contributed by atoms with Crippen LogP contribution < -0.4 is 0 Å². The van der Waals surface area contributed by atoms with Crippen molar-refractivity contribution >= 4 is 17.4 Å². The molecule has 0 fully saturated rings. The smallest absolute Gasteiger partial charge is 0.275 e. The maximum Gasteiger partial charge on any atom is 0.275 e. The summed E-state index contributed by atoms with van der Waals surface area (Å²) < 4.78 is 3.83. The fourth-order valence-corrected chi connectivity index (χ4v) is 3.46. The first-order chi connectivity index (χ1) is 13.8. The first-order valence-corrected chi connectivity index (χ1v) is 9.73. The topological polar surface area (TPSA) is 59.0 Å². The lowest BCUT2D eigenvalue weighted by molar-refractivity contribution is 0.0724. The molecule has 4 aromatic rings. The molecule has 6 heteroatoms. The number of nitrogens with zero attached hydrogens (tertiary/aromatic N) is 4. The van der Waals surface area contributed by atoms with E-state index in [-0.39, 0.29) is 5.91 Å². The van der Waals surface area contributed by atoms with Crippen LogP contribution in [-0.4, -0.2) is 25.4 Å². The van der Waals surface area contributed by atoms with Gasteiger partial charge in [0, 0.05) is 30.9 Å². The van der Waals surface area contributed by atoms with E-state index in [1.54, 1.807) is 22.7 Å². The third-order valence-electron chi connectivity index (χ3n) is 4.37. The van der Waals surface area contributed by atoms with Gasteiger partial charge in [-0.25, -0.2) is 0 Å². The van der Waals surface area contributed by atoms with Crippen LogP contribution in [0, 0.1) is 0 Å². The van der Waals surface area contributed by atoms with Gasteiger partial charge in [0.05, 0.1) is 0 Å². The molecule has 2 heterocycles. The first kappa shape index (κ1) is 18.0. The molecular formula is C22H18N4OS. The molecule has 2 aromatic carbocycles. The summed E-state index contributed by atoms with van der Waals surface area (Å²) in [6, 6.07) is 22.3. The Bertz CT molecular complexity index is 1040. The van der Waals surface area contributed by atoms with Gasteiger partial charge in [-0.15, -0.1) is 5.10 Å². The molecule has 0 saturated heterocycles. The van der Waals surface area contributed by atoms with Gasteiger partial charge >= 0.3 is 0 Å². The largest absolute Gasteiger partial charge is 0.329 e. The molecule has 28 heavy (non-hydrogen) atoms. The zero-order valence-electron chi connectivity index (χ0n) is 15.1. The predicted molar refractivity (Wildman–Crippen MR) is 110 cm³/mol. The second-order valence-corrected chi connectivity index (χ2v) is 6.99. The SMILES string of the molecule is O=C(c1csnn1)N(Cc1cccnc1)Cc1cccc(-c2ccccc2)c1. The highest BCUT2D eigenvalue weighted by molar-refractivity contribution is 7.03. The highest BCUT2D eigenvalue weighted by atomic mass is 32.1. The summed E-state index contributed by atoms with van der Waals surface area (Å²) in [6.45, 7) is 0.936. The Morgan fingerprint density at radius 3 is 2.43 bits per heavy atom. The van der Waals surface area contributed by atoms with E-state index in [1.165, 1.54) is 11.5 Å². The molecule has 0 N–H and O–H groups in total. The summed E-state index contributed by atoms with van der Waals surface area (Å²) in [5.74, 6) is -0.136. The van der Waals surface area contributed by atoms with Crippen molar-refractivity contribution in [2.75, 3.05) is 0 Å². The van der Waals surface area contributed by atoms with Crippen LogP contribution in [0.2, 0.25) is 0 Å². The molecule has 0 atom stereocenters. The van der Waals surface area contributed by atoms with Gasteiger partial charge in [0.2, 0.25) is 0 Å². The van der Waals surface area contributed by atoms with Crippen molar-refractivity contribution in [1.82, 2.24) is 19.5 Å². The number of hydrogen-bond donors (Lipinski definition) is 0. The molecule has 0 radical (unpaired) electrons. The molecule has 0 unspecified atom stereocenters. The summed E-state index contributed by atoms with van der Waals surface area (Å²) >= 11 is 1.18. The lowest BCUT2D eigenvalue weighted by atomic mass is 10.0. The van der Waals surface area contributed by atoms with Crippen molar-refractivity contribution in [3.05, 3.63) is 101 Å². The minimum absolute atomic E-state index is 0.136. The Balaban J connectivity index is 1.61. The van der Waals surface area contributed by atoms with Gasteiger partial charge in [-0.05, 0) is 45.9 Å². The number of carbonyl (C=O) groups excluding carboxylic acids is 1. The van der Waals surface area contributed by atoms with Crippen LogP contribution in [0.25, 0.3) is 11.1 Å². The number of pyridine rings is 1. The zero-order chi connectivity index (χ0) is 19.2. The van der Waals surface area contributed by atoms with Gasteiger partial charge in [-0.1, -0.05) is 59.1 Å². The number of amides is 1. The molecule has 0 bridgehead atoms. The maximum absolute atomic E-state index is 13.0. The Hall–Kier alpha value is -3.38. The Labute approximate surface area is 167 Å². The molecule has 2 aromatic heterocycles. The van der Waals surface area contributed by atoms with Crippen LogP contribution in [0.1, 0.15) is 21.6 Å². The van der Waals surface area contributed by atoms with E-state index in [1.807, 2.05) is 42.5 Å². The van der Waals surface area contributed by atoms with Crippen LogP contribution >= 0.6 is 11.5 Å². The van der Waals surface area contributed by atoms with E-state index in [0.717, 1.165) is 22.3 Å². The van der Waals surface area contributed by atoms with Crippen LogP contribution in [0.5, 0.6) is 0 Å². The summed E-state index contributed by atoms with van der Waals surface area (Å²) in [5.41, 5.74) is 4.67. The lowest BCUT2D eigenvalue weighted by Crippen LogP contribution is -2.30. The monoisotopic (exact) mass is 386 g/mol. The van der Waals surface area contributed by atoms with Crippen LogP contribution in [0.15, 0.2) is 84.5 Å². The molecule has 0 spiro atoms. The van der Waals surface area contributed by atoms with Gasteiger partial charge in [0.15, 0.2) is 5.69 Å². The standard InChI is InChI=1S/C22H18N4OS/c27-22(21-16-28-25-24-21)26(15-18-7-5-11-23-13-18)14-17-6-4-10-20(12-17)19-8-2-1-3-9-19/h1-13,16H,14-15H2. The van der Waals surface area contributed by atoms with Crippen LogP contribution in [-0.2, 0) is 13.1 Å². The molecule has 0 aliphatic carbocycles. The first-order valence-electron chi connectivity index (χ1n) is 8.89. The average Bonchev–Trinajstić information content (AvgIpc) is 3.29.